The molecule has 0 nitrogen and oxygen atoms in total. The van der Waals surface area contributed by atoms with Crippen LogP contribution in [0.25, 0.3) is 82.9 Å². The molecule has 0 aliphatic rings. The third kappa shape index (κ3) is 4.40. The molecule has 0 aliphatic heterocycles. The Kier molecular flexibility index (Phi) is 6.39. The molecule has 0 saturated heterocycles. The summed E-state index contributed by atoms with van der Waals surface area (Å²) in [5, 5.41) is 7.57. The van der Waals surface area contributed by atoms with Gasteiger partial charge in [-0.15, -0.1) is 0 Å². The molecule has 0 fully saturated rings. The van der Waals surface area contributed by atoms with E-state index in [0.29, 0.717) is 0 Å². The van der Waals surface area contributed by atoms with Gasteiger partial charge in [-0.1, -0.05) is 164 Å². The predicted molar refractivity (Wildman–Crippen MR) is 191 cm³/mol. The maximum Gasteiger partial charge on any atom is -0.00199 e. The van der Waals surface area contributed by atoms with Crippen molar-refractivity contribution in [2.75, 3.05) is 0 Å². The Labute approximate surface area is 258 Å². The van der Waals surface area contributed by atoms with Gasteiger partial charge in [0.1, 0.15) is 0 Å². The second-order valence-electron chi connectivity index (χ2n) is 11.4. The second kappa shape index (κ2) is 10.8. The van der Waals surface area contributed by atoms with E-state index in [4.69, 9.17) is 0 Å². The summed E-state index contributed by atoms with van der Waals surface area (Å²) in [4.78, 5) is 0. The third-order valence-electron chi connectivity index (χ3n) is 8.82. The Hall–Kier alpha value is -5.72. The number of fused-ring (bicyclic) bond motifs is 3. The summed E-state index contributed by atoms with van der Waals surface area (Å²) in [6.07, 6.45) is 1.88. The molecule has 0 aromatic heterocycles. The van der Waals surface area contributed by atoms with Crippen LogP contribution in [0.15, 0.2) is 170 Å². The van der Waals surface area contributed by atoms with Crippen LogP contribution in [0, 0.1) is 0 Å². The fourth-order valence-corrected chi connectivity index (χ4v) is 6.69. The van der Waals surface area contributed by atoms with E-state index in [9.17, 15) is 0 Å². The summed E-state index contributed by atoms with van der Waals surface area (Å²) >= 11 is 0. The molecule has 0 radical (unpaired) electrons. The van der Waals surface area contributed by atoms with Crippen molar-refractivity contribution in [1.82, 2.24) is 0 Å². The van der Waals surface area contributed by atoms with Crippen molar-refractivity contribution in [3.63, 3.8) is 0 Å². The highest BCUT2D eigenvalue weighted by molar-refractivity contribution is 6.23. The Bertz CT molecular complexity index is 2250. The van der Waals surface area contributed by atoms with E-state index in [2.05, 4.69) is 170 Å². The van der Waals surface area contributed by atoms with E-state index in [-0.39, 0.29) is 0 Å². The topological polar surface area (TPSA) is 0 Å². The number of rotatable bonds is 5. The lowest BCUT2D eigenvalue weighted by Crippen LogP contribution is -1.92. The van der Waals surface area contributed by atoms with Gasteiger partial charge in [0, 0.05) is 0 Å². The van der Waals surface area contributed by atoms with Gasteiger partial charge in [-0.05, 0) is 94.5 Å². The molecule has 0 heteroatoms. The fraction of sp³-hybridized carbons (Fsp3) is 0. The molecule has 0 amide bonds. The highest BCUT2D eigenvalue weighted by Gasteiger charge is 2.18. The summed E-state index contributed by atoms with van der Waals surface area (Å²) in [7, 11) is 0. The largest absolute Gasteiger partial charge is 0.0985 e. The lowest BCUT2D eigenvalue weighted by atomic mass is 9.83. The first-order valence-corrected chi connectivity index (χ1v) is 15.1. The maximum atomic E-state index is 3.89. The van der Waals surface area contributed by atoms with Crippen LogP contribution in [0.1, 0.15) is 5.56 Å². The first kappa shape index (κ1) is 25.9. The summed E-state index contributed by atoms with van der Waals surface area (Å²) in [5.74, 6) is 0. The van der Waals surface area contributed by atoms with Crippen molar-refractivity contribution in [3.05, 3.63) is 176 Å². The van der Waals surface area contributed by atoms with Crippen LogP contribution >= 0.6 is 0 Å². The molecule has 0 aliphatic carbocycles. The summed E-state index contributed by atoms with van der Waals surface area (Å²) in [6, 6.07) is 59.6. The molecule has 8 aromatic rings. The third-order valence-corrected chi connectivity index (χ3v) is 8.82. The second-order valence-corrected chi connectivity index (χ2v) is 11.4. The minimum absolute atomic E-state index is 1.13. The molecule has 0 spiro atoms. The number of hydrogen-bond acceptors (Lipinski definition) is 0. The zero-order valence-corrected chi connectivity index (χ0v) is 24.4. The number of hydrogen-bond donors (Lipinski definition) is 0. The van der Waals surface area contributed by atoms with Gasteiger partial charge in [0.2, 0.25) is 0 Å². The van der Waals surface area contributed by atoms with Crippen LogP contribution in [0.4, 0.5) is 0 Å². The first-order chi connectivity index (χ1) is 21.8. The molecule has 44 heavy (non-hydrogen) atoms. The Morgan fingerprint density at radius 3 is 1.39 bits per heavy atom. The fourth-order valence-electron chi connectivity index (χ4n) is 6.69. The van der Waals surface area contributed by atoms with Gasteiger partial charge in [0.05, 0.1) is 0 Å². The van der Waals surface area contributed by atoms with Gasteiger partial charge in [0.25, 0.3) is 0 Å². The van der Waals surface area contributed by atoms with Gasteiger partial charge in [-0.3, -0.25) is 0 Å². The Balaban J connectivity index is 1.39. The van der Waals surface area contributed by atoms with Crippen molar-refractivity contribution in [2.45, 2.75) is 0 Å². The lowest BCUT2D eigenvalue weighted by Gasteiger charge is -2.20. The average Bonchev–Trinajstić information content (AvgIpc) is 3.10. The quantitative estimate of drug-likeness (QED) is 0.184. The van der Waals surface area contributed by atoms with E-state index >= 15 is 0 Å². The van der Waals surface area contributed by atoms with Gasteiger partial charge in [0.15, 0.2) is 0 Å². The molecular formula is C44H30. The van der Waals surface area contributed by atoms with E-state index in [1.807, 2.05) is 6.08 Å². The van der Waals surface area contributed by atoms with Crippen molar-refractivity contribution < 1.29 is 0 Å². The smallest absolute Gasteiger partial charge is 0.00199 e. The SMILES string of the molecule is C=Cc1ccc(-c2ccc(-c3c4ccccc4c(-c4cc(-c5ccccc5)cc5ccccc45)c4ccccc34)cc2)cc1. The normalized spacial score (nSPS) is 11.3. The standard InChI is InChI=1S/C44H30/c1-2-30-20-22-32(23-21-30)33-24-26-34(27-25-33)43-38-16-8-10-18-40(38)44(41-19-11-9-17-39(41)43)42-29-36(31-12-4-3-5-13-31)28-35-14-6-7-15-37(35)42/h2-29H,1H2. The monoisotopic (exact) mass is 558 g/mol. The van der Waals surface area contributed by atoms with Crippen LogP contribution in [-0.2, 0) is 0 Å². The van der Waals surface area contributed by atoms with Crippen LogP contribution in [0.2, 0.25) is 0 Å². The summed E-state index contributed by atoms with van der Waals surface area (Å²) < 4.78 is 0. The van der Waals surface area contributed by atoms with Crippen molar-refractivity contribution >= 4 is 38.4 Å². The molecule has 8 aromatic carbocycles. The van der Waals surface area contributed by atoms with Crippen LogP contribution < -0.4 is 0 Å². The van der Waals surface area contributed by atoms with E-state index in [0.717, 1.165) is 5.56 Å². The molecule has 0 N–H and O–H groups in total. The van der Waals surface area contributed by atoms with Gasteiger partial charge in [-0.25, -0.2) is 0 Å². The maximum absolute atomic E-state index is 3.89. The minimum Gasteiger partial charge on any atom is -0.0985 e. The Morgan fingerprint density at radius 2 is 0.795 bits per heavy atom. The van der Waals surface area contributed by atoms with E-state index in [1.54, 1.807) is 0 Å². The number of benzene rings is 8. The molecule has 8 rings (SSSR count). The van der Waals surface area contributed by atoms with Crippen LogP contribution in [0.3, 0.4) is 0 Å². The van der Waals surface area contributed by atoms with Gasteiger partial charge >= 0.3 is 0 Å². The van der Waals surface area contributed by atoms with Crippen LogP contribution in [-0.4, -0.2) is 0 Å². The lowest BCUT2D eigenvalue weighted by molar-refractivity contribution is 1.59. The average molecular weight is 559 g/mol. The zero-order chi connectivity index (χ0) is 29.5. The van der Waals surface area contributed by atoms with Crippen molar-refractivity contribution in [3.8, 4) is 44.5 Å². The highest BCUT2D eigenvalue weighted by Crippen LogP contribution is 2.46. The highest BCUT2D eigenvalue weighted by atomic mass is 14.2. The summed E-state index contributed by atoms with van der Waals surface area (Å²) in [6.45, 7) is 3.89. The molecule has 0 atom stereocenters. The molecule has 0 bridgehead atoms. The molecule has 0 unspecified atom stereocenters. The van der Waals surface area contributed by atoms with Crippen molar-refractivity contribution in [1.29, 1.82) is 0 Å². The first-order valence-electron chi connectivity index (χ1n) is 15.1. The Morgan fingerprint density at radius 1 is 0.341 bits per heavy atom. The van der Waals surface area contributed by atoms with Crippen LogP contribution in [0.5, 0.6) is 0 Å². The molecule has 0 saturated carbocycles. The van der Waals surface area contributed by atoms with Crippen molar-refractivity contribution in [2.24, 2.45) is 0 Å². The van der Waals surface area contributed by atoms with Gasteiger partial charge < -0.3 is 0 Å². The van der Waals surface area contributed by atoms with E-state index < -0.39 is 0 Å². The molecular weight excluding hydrogens is 528 g/mol. The minimum atomic E-state index is 1.13. The zero-order valence-electron chi connectivity index (χ0n) is 24.4. The van der Waals surface area contributed by atoms with E-state index in [1.165, 1.54) is 76.8 Å². The summed E-state index contributed by atoms with van der Waals surface area (Å²) in [5.41, 5.74) is 11.0. The molecule has 206 valence electrons. The predicted octanol–water partition coefficient (Wildman–Crippen LogP) is 12.5. The van der Waals surface area contributed by atoms with Gasteiger partial charge in [-0.2, -0.15) is 0 Å². The molecule has 0 heterocycles.